The second-order valence-electron chi connectivity index (χ2n) is 5.68. The van der Waals surface area contributed by atoms with Gasteiger partial charge in [-0.05, 0) is 69.0 Å². The van der Waals surface area contributed by atoms with Gasteiger partial charge in [-0.3, -0.25) is 0 Å². The second-order valence-corrected chi connectivity index (χ2v) is 5.68. The maximum absolute atomic E-state index is 5.42. The summed E-state index contributed by atoms with van der Waals surface area (Å²) in [7, 11) is 3.93. The minimum absolute atomic E-state index is 0.850. The molecule has 1 aliphatic rings. The lowest BCUT2D eigenvalue weighted by Gasteiger charge is -2.23. The monoisotopic (exact) mass is 262 g/mol. The molecule has 106 valence electrons. The van der Waals surface area contributed by atoms with Crippen molar-refractivity contribution in [2.24, 2.45) is 5.92 Å². The van der Waals surface area contributed by atoms with E-state index in [4.69, 9.17) is 4.74 Å². The number of nitrogens with zero attached hydrogens (tertiary/aromatic N) is 1. The standard InChI is InChI=1S/C16H26N2O/c1-12-9-15(10-13(2)16(12)19-4)18(3)8-6-14-5-7-17-11-14/h9-10,14,17H,5-8,11H2,1-4H3. The van der Waals surface area contributed by atoms with E-state index >= 15 is 0 Å². The molecule has 1 aliphatic heterocycles. The summed E-state index contributed by atoms with van der Waals surface area (Å²) >= 11 is 0. The van der Waals surface area contributed by atoms with Crippen molar-refractivity contribution in [2.45, 2.75) is 26.7 Å². The Morgan fingerprint density at radius 2 is 2.00 bits per heavy atom. The maximum atomic E-state index is 5.42. The number of methoxy groups -OCH3 is 1. The normalized spacial score (nSPS) is 18.6. The van der Waals surface area contributed by atoms with Crippen LogP contribution in [0.5, 0.6) is 5.75 Å². The molecule has 0 aliphatic carbocycles. The first-order chi connectivity index (χ1) is 9.11. The van der Waals surface area contributed by atoms with Crippen molar-refractivity contribution in [3.63, 3.8) is 0 Å². The summed E-state index contributed by atoms with van der Waals surface area (Å²) in [6, 6.07) is 4.44. The second kappa shape index (κ2) is 6.29. The first-order valence-electron chi connectivity index (χ1n) is 7.19. The van der Waals surface area contributed by atoms with Crippen LogP contribution in [-0.2, 0) is 0 Å². The van der Waals surface area contributed by atoms with Gasteiger partial charge >= 0.3 is 0 Å². The van der Waals surface area contributed by atoms with Gasteiger partial charge in [0, 0.05) is 19.3 Å². The molecule has 3 heteroatoms. The number of rotatable bonds is 5. The van der Waals surface area contributed by atoms with E-state index in [0.717, 1.165) is 18.2 Å². The number of hydrogen-bond donors (Lipinski definition) is 1. The van der Waals surface area contributed by atoms with Gasteiger partial charge in [0.2, 0.25) is 0 Å². The fraction of sp³-hybridized carbons (Fsp3) is 0.625. The molecular weight excluding hydrogens is 236 g/mol. The molecule has 1 unspecified atom stereocenters. The van der Waals surface area contributed by atoms with E-state index in [0.29, 0.717) is 0 Å². The third-order valence-corrected chi connectivity index (χ3v) is 4.13. The van der Waals surface area contributed by atoms with E-state index in [2.05, 4.69) is 43.2 Å². The van der Waals surface area contributed by atoms with Gasteiger partial charge in [-0.25, -0.2) is 0 Å². The molecule has 0 radical (unpaired) electrons. The van der Waals surface area contributed by atoms with Crippen molar-refractivity contribution in [1.82, 2.24) is 5.32 Å². The van der Waals surface area contributed by atoms with Crippen LogP contribution in [0.15, 0.2) is 12.1 Å². The number of benzene rings is 1. The van der Waals surface area contributed by atoms with E-state index in [1.165, 1.54) is 42.7 Å². The highest BCUT2D eigenvalue weighted by Crippen LogP contribution is 2.28. The van der Waals surface area contributed by atoms with Gasteiger partial charge in [-0.2, -0.15) is 0 Å². The lowest BCUT2D eigenvalue weighted by atomic mass is 10.0. The number of hydrogen-bond acceptors (Lipinski definition) is 3. The molecule has 1 heterocycles. The molecule has 1 fully saturated rings. The fourth-order valence-electron chi connectivity index (χ4n) is 2.94. The average molecular weight is 262 g/mol. The number of nitrogens with one attached hydrogen (secondary N) is 1. The highest BCUT2D eigenvalue weighted by Gasteiger charge is 2.15. The minimum Gasteiger partial charge on any atom is -0.496 e. The Kier molecular flexibility index (Phi) is 4.70. The highest BCUT2D eigenvalue weighted by atomic mass is 16.5. The zero-order valence-corrected chi connectivity index (χ0v) is 12.6. The third-order valence-electron chi connectivity index (χ3n) is 4.13. The average Bonchev–Trinajstić information content (AvgIpc) is 2.88. The zero-order chi connectivity index (χ0) is 13.8. The number of ether oxygens (including phenoxy) is 1. The predicted octanol–water partition coefficient (Wildman–Crippen LogP) is 2.75. The largest absolute Gasteiger partial charge is 0.496 e. The van der Waals surface area contributed by atoms with Gasteiger partial charge in [-0.15, -0.1) is 0 Å². The molecule has 1 aromatic carbocycles. The first kappa shape index (κ1) is 14.2. The lowest BCUT2D eigenvalue weighted by molar-refractivity contribution is 0.408. The van der Waals surface area contributed by atoms with Crippen LogP contribution >= 0.6 is 0 Å². The molecule has 0 spiro atoms. The predicted molar refractivity (Wildman–Crippen MR) is 81.3 cm³/mol. The van der Waals surface area contributed by atoms with Crippen molar-refractivity contribution >= 4 is 5.69 Å². The molecule has 1 aromatic rings. The topological polar surface area (TPSA) is 24.5 Å². The molecule has 1 N–H and O–H groups in total. The summed E-state index contributed by atoms with van der Waals surface area (Å²) < 4.78 is 5.42. The van der Waals surface area contributed by atoms with Crippen molar-refractivity contribution < 1.29 is 4.74 Å². The number of anilines is 1. The molecule has 19 heavy (non-hydrogen) atoms. The molecule has 1 saturated heterocycles. The van der Waals surface area contributed by atoms with Crippen LogP contribution in [0.4, 0.5) is 5.69 Å². The molecule has 0 amide bonds. The van der Waals surface area contributed by atoms with Crippen molar-refractivity contribution in [1.29, 1.82) is 0 Å². The highest BCUT2D eigenvalue weighted by molar-refractivity contribution is 5.56. The minimum atomic E-state index is 0.850. The van der Waals surface area contributed by atoms with Crippen LogP contribution < -0.4 is 15.0 Å². The van der Waals surface area contributed by atoms with Crippen LogP contribution in [0.3, 0.4) is 0 Å². The Labute approximate surface area is 116 Å². The van der Waals surface area contributed by atoms with E-state index < -0.39 is 0 Å². The van der Waals surface area contributed by atoms with Crippen LogP contribution in [-0.4, -0.2) is 33.8 Å². The van der Waals surface area contributed by atoms with Crippen LogP contribution in [0.1, 0.15) is 24.0 Å². The summed E-state index contributed by atoms with van der Waals surface area (Å²) in [5.74, 6) is 1.86. The summed E-state index contributed by atoms with van der Waals surface area (Å²) in [5, 5.41) is 3.43. The molecule has 0 bridgehead atoms. The molecule has 1 atom stereocenters. The van der Waals surface area contributed by atoms with E-state index in [-0.39, 0.29) is 0 Å². The van der Waals surface area contributed by atoms with Gasteiger partial charge < -0.3 is 15.0 Å². The molecule has 3 nitrogen and oxygen atoms in total. The summed E-state index contributed by atoms with van der Waals surface area (Å²) in [5.41, 5.74) is 3.72. The summed E-state index contributed by atoms with van der Waals surface area (Å²) in [4.78, 5) is 2.36. The lowest BCUT2D eigenvalue weighted by Crippen LogP contribution is -2.22. The quantitative estimate of drug-likeness (QED) is 0.883. The summed E-state index contributed by atoms with van der Waals surface area (Å²) in [6.07, 6.45) is 2.60. The van der Waals surface area contributed by atoms with Crippen LogP contribution in [0, 0.1) is 19.8 Å². The van der Waals surface area contributed by atoms with Crippen molar-refractivity contribution in [3.8, 4) is 5.75 Å². The molecule has 2 rings (SSSR count). The summed E-state index contributed by atoms with van der Waals surface area (Å²) in [6.45, 7) is 7.73. The van der Waals surface area contributed by atoms with Crippen LogP contribution in [0.2, 0.25) is 0 Å². The zero-order valence-electron chi connectivity index (χ0n) is 12.6. The Morgan fingerprint density at radius 1 is 1.32 bits per heavy atom. The SMILES string of the molecule is COc1c(C)cc(N(C)CCC2CCNC2)cc1C. The van der Waals surface area contributed by atoms with Gasteiger partial charge in [0.25, 0.3) is 0 Å². The van der Waals surface area contributed by atoms with Crippen molar-refractivity contribution in [2.75, 3.05) is 38.7 Å². The first-order valence-corrected chi connectivity index (χ1v) is 7.19. The van der Waals surface area contributed by atoms with Crippen molar-refractivity contribution in [3.05, 3.63) is 23.3 Å². The Hall–Kier alpha value is -1.22. The van der Waals surface area contributed by atoms with E-state index in [1.54, 1.807) is 7.11 Å². The molecular formula is C16H26N2O. The van der Waals surface area contributed by atoms with Gasteiger partial charge in [-0.1, -0.05) is 0 Å². The third kappa shape index (κ3) is 3.41. The van der Waals surface area contributed by atoms with E-state index in [9.17, 15) is 0 Å². The van der Waals surface area contributed by atoms with E-state index in [1.807, 2.05) is 0 Å². The van der Waals surface area contributed by atoms with Gasteiger partial charge in [0.05, 0.1) is 7.11 Å². The Balaban J connectivity index is 2.00. The van der Waals surface area contributed by atoms with Gasteiger partial charge in [0.1, 0.15) is 5.75 Å². The molecule has 0 aromatic heterocycles. The maximum Gasteiger partial charge on any atom is 0.124 e. The number of aryl methyl sites for hydroxylation is 2. The fourth-order valence-corrected chi connectivity index (χ4v) is 2.94. The van der Waals surface area contributed by atoms with Crippen LogP contribution in [0.25, 0.3) is 0 Å². The Morgan fingerprint density at radius 3 is 2.53 bits per heavy atom. The Bertz CT molecular complexity index is 402. The van der Waals surface area contributed by atoms with Gasteiger partial charge in [0.15, 0.2) is 0 Å². The smallest absolute Gasteiger partial charge is 0.124 e. The molecule has 0 saturated carbocycles.